The van der Waals surface area contributed by atoms with E-state index >= 15 is 0 Å². The Labute approximate surface area is 170 Å². The van der Waals surface area contributed by atoms with E-state index in [0.717, 1.165) is 4.90 Å². The topological polar surface area (TPSA) is 123 Å². The number of nitrogens with one attached hydrogen (secondary N) is 1. The zero-order valence-corrected chi connectivity index (χ0v) is 15.7. The minimum atomic E-state index is -0.553. The first-order valence-corrected chi connectivity index (χ1v) is 8.94. The summed E-state index contributed by atoms with van der Waals surface area (Å²) < 4.78 is 5.20. The Bertz CT molecular complexity index is 1200. The molecule has 3 amide bonds. The van der Waals surface area contributed by atoms with Crippen LogP contribution in [0.4, 0.5) is 11.4 Å². The second kappa shape index (κ2) is 7.28. The molecule has 2 aromatic carbocycles. The maximum Gasteiger partial charge on any atom is 0.271 e. The molecule has 0 saturated carbocycles. The molecule has 0 radical (unpaired) electrons. The highest BCUT2D eigenvalue weighted by molar-refractivity contribution is 6.22. The lowest BCUT2D eigenvalue weighted by Crippen LogP contribution is -2.28. The first-order valence-electron chi connectivity index (χ1n) is 8.94. The van der Waals surface area contributed by atoms with Gasteiger partial charge in [-0.05, 0) is 42.8 Å². The smallest absolute Gasteiger partial charge is 0.271 e. The summed E-state index contributed by atoms with van der Waals surface area (Å²) in [5.74, 6) is -1.07. The van der Waals surface area contributed by atoms with Gasteiger partial charge in [-0.1, -0.05) is 6.07 Å². The lowest BCUT2D eigenvalue weighted by atomic mass is 10.0. The minimum absolute atomic E-state index is 0.00620. The van der Waals surface area contributed by atoms with Crippen molar-refractivity contribution in [2.45, 2.75) is 13.5 Å². The van der Waals surface area contributed by atoms with E-state index in [1.807, 2.05) is 0 Å². The lowest BCUT2D eigenvalue weighted by molar-refractivity contribution is -0.384. The van der Waals surface area contributed by atoms with Gasteiger partial charge in [0, 0.05) is 17.7 Å². The number of nitro benzene ring substituents is 1. The van der Waals surface area contributed by atoms with Crippen LogP contribution in [0.25, 0.3) is 0 Å². The molecule has 30 heavy (non-hydrogen) atoms. The fourth-order valence-corrected chi connectivity index (χ4v) is 3.19. The van der Waals surface area contributed by atoms with Crippen LogP contribution in [0, 0.1) is 17.0 Å². The average Bonchev–Trinajstić information content (AvgIpc) is 3.32. The molecule has 0 unspecified atom stereocenters. The largest absolute Gasteiger partial charge is 0.467 e. The molecular formula is C21H15N3O6. The Kier molecular flexibility index (Phi) is 4.63. The van der Waals surface area contributed by atoms with Gasteiger partial charge in [-0.15, -0.1) is 0 Å². The van der Waals surface area contributed by atoms with Crippen molar-refractivity contribution in [1.29, 1.82) is 0 Å². The number of imide groups is 1. The van der Waals surface area contributed by atoms with Crippen molar-refractivity contribution >= 4 is 29.1 Å². The van der Waals surface area contributed by atoms with E-state index in [0.29, 0.717) is 11.3 Å². The molecule has 1 aliphatic heterocycles. The van der Waals surface area contributed by atoms with Crippen LogP contribution in [0.3, 0.4) is 0 Å². The highest BCUT2D eigenvalue weighted by atomic mass is 16.6. The number of hydrogen-bond donors (Lipinski definition) is 1. The number of hydrogen-bond acceptors (Lipinski definition) is 6. The van der Waals surface area contributed by atoms with Gasteiger partial charge in [-0.25, -0.2) is 0 Å². The quantitative estimate of drug-likeness (QED) is 0.393. The molecule has 0 spiro atoms. The number of anilines is 1. The van der Waals surface area contributed by atoms with Crippen molar-refractivity contribution in [3.05, 3.63) is 92.9 Å². The lowest BCUT2D eigenvalue weighted by Gasteiger charge is -2.11. The number of non-ortho nitro benzene ring substituents is 1. The van der Waals surface area contributed by atoms with Crippen LogP contribution in [-0.2, 0) is 6.54 Å². The highest BCUT2D eigenvalue weighted by Gasteiger charge is 2.36. The molecule has 1 aromatic heterocycles. The molecule has 9 heteroatoms. The second-order valence-corrected chi connectivity index (χ2v) is 6.75. The van der Waals surface area contributed by atoms with E-state index in [4.69, 9.17) is 4.42 Å². The third-order valence-electron chi connectivity index (χ3n) is 4.81. The summed E-state index contributed by atoms with van der Waals surface area (Å²) in [6, 6.07) is 11.7. The fraction of sp³-hybridized carbons (Fsp3) is 0.0952. The number of furan rings is 1. The molecule has 9 nitrogen and oxygen atoms in total. The van der Waals surface area contributed by atoms with Crippen molar-refractivity contribution in [3.8, 4) is 0 Å². The predicted molar refractivity (Wildman–Crippen MR) is 105 cm³/mol. The Morgan fingerprint density at radius 2 is 1.87 bits per heavy atom. The van der Waals surface area contributed by atoms with Crippen LogP contribution in [-0.4, -0.2) is 27.5 Å². The number of fused-ring (bicyclic) bond motifs is 1. The molecule has 0 atom stereocenters. The molecule has 1 aliphatic rings. The molecule has 0 saturated heterocycles. The number of aryl methyl sites for hydroxylation is 1. The van der Waals surface area contributed by atoms with Crippen molar-refractivity contribution in [2.75, 3.05) is 5.32 Å². The van der Waals surface area contributed by atoms with Gasteiger partial charge in [0.1, 0.15) is 5.76 Å². The fourth-order valence-electron chi connectivity index (χ4n) is 3.19. The van der Waals surface area contributed by atoms with Crippen LogP contribution < -0.4 is 5.32 Å². The third kappa shape index (κ3) is 3.32. The maximum atomic E-state index is 12.7. The molecule has 2 heterocycles. The van der Waals surface area contributed by atoms with E-state index in [2.05, 4.69) is 5.32 Å². The summed E-state index contributed by atoms with van der Waals surface area (Å²) in [5.41, 5.74) is 1.26. The first-order chi connectivity index (χ1) is 14.3. The van der Waals surface area contributed by atoms with E-state index in [9.17, 15) is 24.5 Å². The van der Waals surface area contributed by atoms with Gasteiger partial charge in [0.05, 0.1) is 34.5 Å². The van der Waals surface area contributed by atoms with E-state index < -0.39 is 22.6 Å². The van der Waals surface area contributed by atoms with Crippen LogP contribution in [0.15, 0.2) is 59.2 Å². The third-order valence-corrected chi connectivity index (χ3v) is 4.81. The van der Waals surface area contributed by atoms with Crippen molar-refractivity contribution in [3.63, 3.8) is 0 Å². The van der Waals surface area contributed by atoms with Crippen LogP contribution in [0.5, 0.6) is 0 Å². The van der Waals surface area contributed by atoms with Gasteiger partial charge in [0.15, 0.2) is 0 Å². The monoisotopic (exact) mass is 405 g/mol. The standard InChI is InChI=1S/C21H15N3O6/c1-12-4-6-14(24(28)29)10-18(12)22-19(25)13-5-7-16-17(9-13)21(27)23(20(16)26)11-15-3-2-8-30-15/h2-10H,11H2,1H3,(H,22,25). The van der Waals surface area contributed by atoms with Crippen molar-refractivity contribution in [1.82, 2.24) is 4.90 Å². The highest BCUT2D eigenvalue weighted by Crippen LogP contribution is 2.27. The molecule has 1 N–H and O–H groups in total. The number of carbonyl (C=O) groups excluding carboxylic acids is 3. The van der Waals surface area contributed by atoms with Gasteiger partial charge < -0.3 is 9.73 Å². The number of benzene rings is 2. The first kappa shape index (κ1) is 19.1. The van der Waals surface area contributed by atoms with Gasteiger partial charge in [0.25, 0.3) is 23.4 Å². The van der Waals surface area contributed by atoms with Crippen LogP contribution in [0.1, 0.15) is 42.4 Å². The van der Waals surface area contributed by atoms with E-state index in [1.54, 1.807) is 19.1 Å². The normalized spacial score (nSPS) is 12.8. The summed E-state index contributed by atoms with van der Waals surface area (Å²) >= 11 is 0. The maximum absolute atomic E-state index is 12.7. The van der Waals surface area contributed by atoms with Gasteiger partial charge >= 0.3 is 0 Å². The van der Waals surface area contributed by atoms with Gasteiger partial charge in [0.2, 0.25) is 0 Å². The zero-order chi connectivity index (χ0) is 21.4. The summed E-state index contributed by atoms with van der Waals surface area (Å²) in [7, 11) is 0. The molecule has 3 aromatic rings. The number of amides is 3. The predicted octanol–water partition coefficient (Wildman–Crippen LogP) is 3.54. The van der Waals surface area contributed by atoms with E-state index in [1.165, 1.54) is 42.7 Å². The van der Waals surface area contributed by atoms with Crippen molar-refractivity contribution in [2.24, 2.45) is 0 Å². The summed E-state index contributed by atoms with van der Waals surface area (Å²) in [5, 5.41) is 13.6. The van der Waals surface area contributed by atoms with E-state index in [-0.39, 0.29) is 34.6 Å². The Balaban J connectivity index is 1.58. The number of nitrogens with zero attached hydrogens (tertiary/aromatic N) is 2. The summed E-state index contributed by atoms with van der Waals surface area (Å²) in [4.78, 5) is 49.4. The van der Waals surface area contributed by atoms with Crippen LogP contribution >= 0.6 is 0 Å². The number of nitro groups is 1. The average molecular weight is 405 g/mol. The number of carbonyl (C=O) groups is 3. The molecular weight excluding hydrogens is 390 g/mol. The van der Waals surface area contributed by atoms with Gasteiger partial charge in [-0.2, -0.15) is 0 Å². The molecule has 0 fully saturated rings. The summed E-state index contributed by atoms with van der Waals surface area (Å²) in [6.07, 6.45) is 1.45. The van der Waals surface area contributed by atoms with Gasteiger partial charge in [-0.3, -0.25) is 29.4 Å². The Hall–Kier alpha value is -4.27. The Morgan fingerprint density at radius 3 is 2.57 bits per heavy atom. The molecule has 0 aliphatic carbocycles. The number of rotatable bonds is 5. The Morgan fingerprint density at radius 1 is 1.10 bits per heavy atom. The van der Waals surface area contributed by atoms with Crippen LogP contribution in [0.2, 0.25) is 0 Å². The SMILES string of the molecule is Cc1ccc([N+](=O)[O-])cc1NC(=O)c1ccc2c(c1)C(=O)N(Cc1ccco1)C2=O. The molecule has 4 rings (SSSR count). The second-order valence-electron chi connectivity index (χ2n) is 6.75. The minimum Gasteiger partial charge on any atom is -0.467 e. The molecule has 0 bridgehead atoms. The summed E-state index contributed by atoms with van der Waals surface area (Å²) in [6.45, 7) is 1.70. The van der Waals surface area contributed by atoms with Crippen molar-refractivity contribution < 1.29 is 23.7 Å². The zero-order valence-electron chi connectivity index (χ0n) is 15.7. The molecule has 150 valence electrons.